The Morgan fingerprint density at radius 1 is 1.24 bits per heavy atom. The number of hydrogen-bond donors (Lipinski definition) is 1. The summed E-state index contributed by atoms with van der Waals surface area (Å²) in [4.78, 5) is 17.6. The van der Waals surface area contributed by atoms with Gasteiger partial charge in [0.05, 0.1) is 30.7 Å². The lowest BCUT2D eigenvalue weighted by molar-refractivity contribution is -0.137. The quantitative estimate of drug-likeness (QED) is 0.458. The highest BCUT2D eigenvalue weighted by molar-refractivity contribution is 6.04. The van der Waals surface area contributed by atoms with Crippen molar-refractivity contribution >= 4 is 11.7 Å². The molecule has 3 aromatic rings. The molecule has 7 nitrogen and oxygen atoms in total. The number of pyridine rings is 1. The van der Waals surface area contributed by atoms with Crippen LogP contribution in [0.15, 0.2) is 58.9 Å². The maximum absolute atomic E-state index is 13.1. The molecule has 10 heteroatoms. The van der Waals surface area contributed by atoms with Gasteiger partial charge in [-0.3, -0.25) is 4.99 Å². The zero-order valence-electron chi connectivity index (χ0n) is 18.2. The monoisotopic (exact) mass is 456 g/mol. The predicted molar refractivity (Wildman–Crippen MR) is 119 cm³/mol. The van der Waals surface area contributed by atoms with Crippen molar-refractivity contribution in [2.45, 2.75) is 38.4 Å². The van der Waals surface area contributed by atoms with E-state index in [-0.39, 0.29) is 5.84 Å². The van der Waals surface area contributed by atoms with Crippen LogP contribution >= 0.6 is 0 Å². The number of hydrogen-bond acceptors (Lipinski definition) is 5. The fourth-order valence-corrected chi connectivity index (χ4v) is 3.68. The normalized spacial score (nSPS) is 17.1. The Morgan fingerprint density at radius 2 is 2.06 bits per heavy atom. The van der Waals surface area contributed by atoms with E-state index in [4.69, 9.17) is 10.5 Å². The standard InChI is InChI=1S/C23H23F3N6O/c1-14-12-32(13-28-14)19-10-9-18(30-22(19)33-2)21(27)31-20-8-4-7-17(29-20)15-5-3-6-16(11-15)23(24,25)26/h3,5-6,9-13,17H,4,7-8H2,1-2H3,(H2,27,29,31)/t17-/m0/s1. The van der Waals surface area contributed by atoms with E-state index in [1.165, 1.54) is 13.2 Å². The summed E-state index contributed by atoms with van der Waals surface area (Å²) in [5.41, 5.74) is 7.99. The third-order valence-corrected chi connectivity index (χ3v) is 5.32. The van der Waals surface area contributed by atoms with Crippen molar-refractivity contribution < 1.29 is 17.9 Å². The summed E-state index contributed by atoms with van der Waals surface area (Å²) in [6.07, 6.45) is 1.08. The van der Waals surface area contributed by atoms with Gasteiger partial charge in [0.25, 0.3) is 0 Å². The summed E-state index contributed by atoms with van der Waals surface area (Å²) in [6.45, 7) is 1.88. The molecule has 1 aliphatic rings. The molecule has 172 valence electrons. The van der Waals surface area contributed by atoms with Gasteiger partial charge in [-0.25, -0.2) is 15.0 Å². The Kier molecular flexibility index (Phi) is 6.17. The molecule has 0 radical (unpaired) electrons. The van der Waals surface area contributed by atoms with Crippen LogP contribution in [-0.4, -0.2) is 33.3 Å². The van der Waals surface area contributed by atoms with Crippen LogP contribution in [-0.2, 0) is 6.18 Å². The van der Waals surface area contributed by atoms with Crippen LogP contribution in [0, 0.1) is 6.92 Å². The molecular weight excluding hydrogens is 433 g/mol. The first-order valence-corrected chi connectivity index (χ1v) is 10.4. The number of alkyl halides is 3. The first kappa shape index (κ1) is 22.5. The summed E-state index contributed by atoms with van der Waals surface area (Å²) in [5.74, 6) is 0.997. The molecule has 1 aliphatic heterocycles. The number of halogens is 3. The zero-order chi connectivity index (χ0) is 23.6. The van der Waals surface area contributed by atoms with Gasteiger partial charge in [-0.1, -0.05) is 12.1 Å². The van der Waals surface area contributed by atoms with Gasteiger partial charge in [-0.05, 0) is 49.6 Å². The largest absolute Gasteiger partial charge is 0.479 e. The summed E-state index contributed by atoms with van der Waals surface area (Å²) in [6, 6.07) is 8.38. The van der Waals surface area contributed by atoms with Crippen LogP contribution in [0.5, 0.6) is 5.88 Å². The van der Waals surface area contributed by atoms with Gasteiger partial charge in [-0.2, -0.15) is 13.2 Å². The van der Waals surface area contributed by atoms with E-state index in [1.807, 2.05) is 13.1 Å². The van der Waals surface area contributed by atoms with E-state index in [1.54, 1.807) is 29.1 Å². The van der Waals surface area contributed by atoms with Crippen LogP contribution in [0.2, 0.25) is 0 Å². The highest BCUT2D eigenvalue weighted by atomic mass is 19.4. The number of nitrogens with zero attached hydrogens (tertiary/aromatic N) is 5. The van der Waals surface area contributed by atoms with Gasteiger partial charge in [0, 0.05) is 12.6 Å². The number of aryl methyl sites for hydroxylation is 1. The molecular formula is C23H23F3N6O. The van der Waals surface area contributed by atoms with Crippen molar-refractivity contribution in [2.24, 2.45) is 15.7 Å². The van der Waals surface area contributed by atoms with Crippen LogP contribution in [0.4, 0.5) is 13.2 Å². The molecule has 0 saturated carbocycles. The fourth-order valence-electron chi connectivity index (χ4n) is 3.68. The molecule has 0 amide bonds. The Balaban J connectivity index is 1.60. The second kappa shape index (κ2) is 9.05. The second-order valence-corrected chi connectivity index (χ2v) is 7.72. The Labute approximate surface area is 188 Å². The van der Waals surface area contributed by atoms with E-state index >= 15 is 0 Å². The van der Waals surface area contributed by atoms with Crippen molar-refractivity contribution in [1.29, 1.82) is 0 Å². The molecule has 3 heterocycles. The van der Waals surface area contributed by atoms with Gasteiger partial charge in [0.2, 0.25) is 5.88 Å². The molecule has 0 unspecified atom stereocenters. The molecule has 4 rings (SSSR count). The highest BCUT2D eigenvalue weighted by Gasteiger charge is 2.31. The molecule has 0 aliphatic carbocycles. The smallest absolute Gasteiger partial charge is 0.416 e. The molecule has 1 aromatic carbocycles. The summed E-state index contributed by atoms with van der Waals surface area (Å²) in [5, 5.41) is 0. The third kappa shape index (κ3) is 5.05. The fraction of sp³-hybridized carbons (Fsp3) is 0.304. The van der Waals surface area contributed by atoms with Gasteiger partial charge in [0.15, 0.2) is 5.84 Å². The summed E-state index contributed by atoms with van der Waals surface area (Å²) < 4.78 is 46.4. The van der Waals surface area contributed by atoms with Crippen molar-refractivity contribution in [1.82, 2.24) is 14.5 Å². The van der Waals surface area contributed by atoms with E-state index < -0.39 is 17.8 Å². The Morgan fingerprint density at radius 3 is 2.76 bits per heavy atom. The maximum Gasteiger partial charge on any atom is 0.416 e. The zero-order valence-corrected chi connectivity index (χ0v) is 18.2. The Hall–Kier alpha value is -3.69. The number of ether oxygens (including phenoxy) is 1. The number of imidazole rings is 1. The number of rotatable bonds is 4. The first-order valence-electron chi connectivity index (χ1n) is 10.4. The Bertz CT molecular complexity index is 1210. The van der Waals surface area contributed by atoms with Crippen LogP contribution in [0.1, 0.15) is 47.8 Å². The van der Waals surface area contributed by atoms with Crippen LogP contribution in [0.3, 0.4) is 0 Å². The average Bonchev–Trinajstić information content (AvgIpc) is 3.24. The lowest BCUT2D eigenvalue weighted by atomic mass is 9.97. The lowest BCUT2D eigenvalue weighted by Gasteiger charge is -2.20. The van der Waals surface area contributed by atoms with Gasteiger partial charge in [-0.15, -0.1) is 0 Å². The number of aromatic nitrogens is 3. The molecule has 0 fully saturated rings. The topological polar surface area (TPSA) is 90.7 Å². The summed E-state index contributed by atoms with van der Waals surface area (Å²) >= 11 is 0. The minimum Gasteiger partial charge on any atom is -0.479 e. The van der Waals surface area contributed by atoms with E-state index in [0.29, 0.717) is 41.5 Å². The van der Waals surface area contributed by atoms with Gasteiger partial charge < -0.3 is 15.0 Å². The van der Waals surface area contributed by atoms with Crippen LogP contribution in [0.25, 0.3) is 5.69 Å². The minimum atomic E-state index is -4.40. The second-order valence-electron chi connectivity index (χ2n) is 7.72. The number of nitrogens with two attached hydrogens (primary N) is 1. The third-order valence-electron chi connectivity index (χ3n) is 5.32. The average molecular weight is 456 g/mol. The van der Waals surface area contributed by atoms with Gasteiger partial charge in [0.1, 0.15) is 17.2 Å². The molecule has 0 saturated heterocycles. The summed E-state index contributed by atoms with van der Waals surface area (Å²) in [7, 11) is 1.51. The van der Waals surface area contributed by atoms with E-state index in [2.05, 4.69) is 20.0 Å². The minimum absolute atomic E-state index is 0.158. The van der Waals surface area contributed by atoms with Crippen molar-refractivity contribution in [3.05, 3.63) is 71.4 Å². The number of aliphatic imine (C=N–C) groups is 2. The molecule has 33 heavy (non-hydrogen) atoms. The molecule has 0 spiro atoms. The number of benzene rings is 1. The van der Waals surface area contributed by atoms with E-state index in [0.717, 1.165) is 24.2 Å². The van der Waals surface area contributed by atoms with Crippen molar-refractivity contribution in [3.8, 4) is 11.6 Å². The maximum atomic E-state index is 13.1. The van der Waals surface area contributed by atoms with Gasteiger partial charge >= 0.3 is 6.18 Å². The molecule has 2 N–H and O–H groups in total. The molecule has 0 bridgehead atoms. The predicted octanol–water partition coefficient (Wildman–Crippen LogP) is 4.63. The highest BCUT2D eigenvalue weighted by Crippen LogP contribution is 2.34. The first-order chi connectivity index (χ1) is 15.7. The number of methoxy groups -OCH3 is 1. The molecule has 1 atom stereocenters. The van der Waals surface area contributed by atoms with Crippen LogP contribution < -0.4 is 10.5 Å². The lowest BCUT2D eigenvalue weighted by Crippen LogP contribution is -2.19. The van der Waals surface area contributed by atoms with Crippen molar-refractivity contribution in [2.75, 3.05) is 7.11 Å². The van der Waals surface area contributed by atoms with E-state index in [9.17, 15) is 13.2 Å². The molecule has 2 aromatic heterocycles. The van der Waals surface area contributed by atoms with Crippen molar-refractivity contribution in [3.63, 3.8) is 0 Å². The number of amidine groups is 2. The SMILES string of the molecule is COc1nc(C(N)=NC2=N[C@H](c3cccc(C(F)(F)F)c3)CCC2)ccc1-n1cnc(C)c1.